The van der Waals surface area contributed by atoms with E-state index in [1.54, 1.807) is 0 Å². The first kappa shape index (κ1) is 32.9. The maximum atomic E-state index is 7.94. The number of halogens is 4. The summed E-state index contributed by atoms with van der Waals surface area (Å²) in [6.07, 6.45) is 7.98. The summed E-state index contributed by atoms with van der Waals surface area (Å²) >= 11 is 27.0. The second kappa shape index (κ2) is 27.2. The van der Waals surface area contributed by atoms with Crippen molar-refractivity contribution in [2.45, 2.75) is 45.4 Å². The van der Waals surface area contributed by atoms with Crippen LogP contribution >= 0.6 is 46.4 Å². The Bertz CT molecular complexity index is 514. The molecule has 0 unspecified atom stereocenters. The Hall–Kier alpha value is 0.213. The van der Waals surface area contributed by atoms with Crippen molar-refractivity contribution in [2.75, 3.05) is 0 Å². The molecule has 0 saturated carbocycles. The van der Waals surface area contributed by atoms with Gasteiger partial charge < -0.3 is 19.1 Å². The van der Waals surface area contributed by atoms with E-state index in [9.17, 15) is 0 Å². The molecule has 2 rings (SSSR count). The van der Waals surface area contributed by atoms with Crippen LogP contribution in [0.3, 0.4) is 0 Å². The normalized spacial score (nSPS) is 8.43. The molecule has 0 radical (unpaired) electrons. The van der Waals surface area contributed by atoms with Crippen molar-refractivity contribution >= 4 is 46.4 Å². The van der Waals surface area contributed by atoms with Gasteiger partial charge in [0.15, 0.2) is 0 Å². The molecule has 0 fully saturated rings. The Labute approximate surface area is 205 Å². The largest absolute Gasteiger partial charge is 0.319 e. The van der Waals surface area contributed by atoms with Gasteiger partial charge in [-0.1, -0.05) is 49.1 Å². The predicted molar refractivity (Wildman–Crippen MR) is 110 cm³/mol. The molecule has 0 spiro atoms. The van der Waals surface area contributed by atoms with Gasteiger partial charge in [0.05, 0.1) is 0 Å². The molecule has 0 atom stereocenters. The van der Waals surface area contributed by atoms with Crippen molar-refractivity contribution in [1.82, 2.24) is 0 Å². The van der Waals surface area contributed by atoms with E-state index in [0.29, 0.717) is 5.02 Å². The molecule has 2 nitrogen and oxygen atoms in total. The van der Waals surface area contributed by atoms with E-state index >= 15 is 0 Å². The van der Waals surface area contributed by atoms with Crippen molar-refractivity contribution < 1.29 is 39.1 Å². The van der Waals surface area contributed by atoms with Crippen molar-refractivity contribution in [3.8, 4) is 0 Å². The van der Waals surface area contributed by atoms with Gasteiger partial charge in [0.2, 0.25) is 0 Å². The van der Waals surface area contributed by atoms with Crippen LogP contribution < -0.4 is 0 Å². The summed E-state index contributed by atoms with van der Waals surface area (Å²) in [6, 6.07) is 17.1. The topological polar surface area (TPSA) is 34.1 Å². The molecule has 0 saturated heterocycles. The van der Waals surface area contributed by atoms with Crippen LogP contribution in [0.5, 0.6) is 0 Å². The van der Waals surface area contributed by atoms with Gasteiger partial charge >= 0.3 is 39.1 Å². The number of hydrogen-bond donors (Lipinski definition) is 0. The maximum absolute atomic E-state index is 7.94. The fraction of sp³-hybridized carbons (Fsp3) is 0.350. The van der Waals surface area contributed by atoms with Crippen LogP contribution in [-0.2, 0) is 39.1 Å². The van der Waals surface area contributed by atoms with Crippen LogP contribution in [0.15, 0.2) is 30.3 Å². The van der Waals surface area contributed by atoms with Crippen LogP contribution in [-0.4, -0.2) is 0 Å². The Morgan fingerprint density at radius 1 is 0.821 bits per heavy atom. The summed E-state index contributed by atoms with van der Waals surface area (Å²) in [5.41, 5.74) is 0. The van der Waals surface area contributed by atoms with E-state index in [0.717, 1.165) is 6.42 Å². The summed E-state index contributed by atoms with van der Waals surface area (Å²) in [7, 11) is 0. The van der Waals surface area contributed by atoms with Gasteiger partial charge in [-0.15, -0.1) is 23.2 Å². The quantitative estimate of drug-likeness (QED) is 0.161. The third-order valence-electron chi connectivity index (χ3n) is 2.83. The molecule has 0 aromatic heterocycles. The van der Waals surface area contributed by atoms with Crippen LogP contribution in [0.4, 0.5) is 0 Å². The standard InChI is InChI=1S/C8H17.C6HCl4.C6H4.2Co.2O/c1-3-5-7-8-6-4-2;7-3-1-2-4(8)6(10)5(3)9;1-2-4-6-5-3-1;;;;/h1,3-8H2,2H3;1H;1-2,5-6H;;;;/q2*-1;-2;;;;. The minimum absolute atomic E-state index is 0.246. The molecular formula is C20H22Cl4Co2O2-4. The molecule has 28 heavy (non-hydrogen) atoms. The second-order valence-corrected chi connectivity index (χ2v) is 6.39. The van der Waals surface area contributed by atoms with E-state index in [2.05, 4.69) is 63.4 Å². The van der Waals surface area contributed by atoms with Gasteiger partial charge in [-0.25, -0.2) is 0 Å². The minimum atomic E-state index is 0.246. The fourth-order valence-corrected chi connectivity index (χ4v) is 2.24. The molecule has 2 aromatic rings. The maximum Gasteiger partial charge on any atom is -0.288 e. The summed E-state index contributed by atoms with van der Waals surface area (Å²) < 4.78 is 15.9. The van der Waals surface area contributed by atoms with Gasteiger partial charge in [0.25, 0.3) is 0 Å². The third-order valence-corrected chi connectivity index (χ3v) is 4.48. The van der Waals surface area contributed by atoms with Gasteiger partial charge in [-0.2, -0.15) is 41.8 Å². The Balaban J connectivity index is -0.000000314. The number of hydrogen-bond acceptors (Lipinski definition) is 2. The van der Waals surface area contributed by atoms with Gasteiger partial charge in [-0.3, -0.25) is 24.3 Å². The second-order valence-electron chi connectivity index (χ2n) is 4.85. The first-order valence-corrected chi connectivity index (χ1v) is 10.5. The predicted octanol–water partition coefficient (Wildman–Crippen LogP) is 8.33. The molecule has 0 aliphatic rings. The zero-order valence-corrected chi connectivity index (χ0v) is 20.4. The summed E-state index contributed by atoms with van der Waals surface area (Å²) in [5.74, 6) is 0. The van der Waals surface area contributed by atoms with Gasteiger partial charge in [-0.05, 0) is 10.0 Å². The fourth-order valence-electron chi connectivity index (χ4n) is 1.54. The molecule has 2 aromatic carbocycles. The minimum Gasteiger partial charge on any atom is -0.319 e. The van der Waals surface area contributed by atoms with Crippen molar-refractivity contribution in [3.63, 3.8) is 0 Å². The molecule has 0 bridgehead atoms. The SMILES string of the molecule is Clc1[c-]cc(Cl)c(Cl)c1Cl.[CH2-]CCCCCCC.[O]=[Co].[O]=[Co].[c-]1cc[c-]cc1. The van der Waals surface area contributed by atoms with Crippen LogP contribution in [0.25, 0.3) is 0 Å². The van der Waals surface area contributed by atoms with E-state index in [1.807, 2.05) is 24.3 Å². The summed E-state index contributed by atoms with van der Waals surface area (Å²) in [5, 5.41) is 1.16. The zero-order valence-electron chi connectivity index (χ0n) is 15.3. The summed E-state index contributed by atoms with van der Waals surface area (Å²) in [4.78, 5) is 0. The van der Waals surface area contributed by atoms with Crippen LogP contribution in [0.2, 0.25) is 20.1 Å². The van der Waals surface area contributed by atoms with Crippen molar-refractivity contribution in [1.29, 1.82) is 0 Å². The molecule has 0 amide bonds. The van der Waals surface area contributed by atoms with Crippen LogP contribution in [0, 0.1) is 25.1 Å². The monoisotopic (exact) mass is 552 g/mol. The molecule has 8 heteroatoms. The van der Waals surface area contributed by atoms with Gasteiger partial charge in [0, 0.05) is 0 Å². The molecule has 0 aliphatic carbocycles. The smallest absolute Gasteiger partial charge is 0.288 e. The number of benzene rings is 2. The average molecular weight is 554 g/mol. The number of unbranched alkanes of at least 4 members (excludes halogenated alkanes) is 5. The van der Waals surface area contributed by atoms with Crippen molar-refractivity contribution in [3.05, 3.63) is 75.5 Å². The van der Waals surface area contributed by atoms with E-state index in [1.165, 1.54) is 38.2 Å². The van der Waals surface area contributed by atoms with E-state index < -0.39 is 0 Å². The summed E-state index contributed by atoms with van der Waals surface area (Å²) in [6.45, 7) is 6.02. The Kier molecular flexibility index (Phi) is 31.9. The first-order chi connectivity index (χ1) is 13.5. The van der Waals surface area contributed by atoms with E-state index in [4.69, 9.17) is 54.1 Å². The molecule has 164 valence electrons. The molecular weight excluding hydrogens is 532 g/mol. The number of rotatable bonds is 5. The van der Waals surface area contributed by atoms with Crippen LogP contribution in [0.1, 0.15) is 45.4 Å². The van der Waals surface area contributed by atoms with Crippen molar-refractivity contribution in [2.24, 2.45) is 0 Å². The van der Waals surface area contributed by atoms with Gasteiger partial charge in [0.1, 0.15) is 0 Å². The first-order valence-electron chi connectivity index (χ1n) is 8.13. The molecule has 0 N–H and O–H groups in total. The molecule has 0 aliphatic heterocycles. The Morgan fingerprint density at radius 3 is 1.64 bits per heavy atom. The third kappa shape index (κ3) is 20.9. The zero-order chi connectivity index (χ0) is 22.2. The Morgan fingerprint density at radius 2 is 1.29 bits per heavy atom. The average Bonchev–Trinajstić information content (AvgIpc) is 2.77. The van der Waals surface area contributed by atoms with E-state index in [-0.39, 0.29) is 15.1 Å². The molecule has 0 heterocycles.